The van der Waals surface area contributed by atoms with Gasteiger partial charge < -0.3 is 4.57 Å². The van der Waals surface area contributed by atoms with Crippen molar-refractivity contribution >= 4 is 20.7 Å². The predicted molar refractivity (Wildman–Crippen MR) is 105 cm³/mol. The van der Waals surface area contributed by atoms with Gasteiger partial charge in [0.2, 0.25) is 0 Å². The Morgan fingerprint density at radius 3 is 2.14 bits per heavy atom. The molecule has 28 heavy (non-hydrogen) atoms. The summed E-state index contributed by atoms with van der Waals surface area (Å²) in [7, 11) is -3.70. The van der Waals surface area contributed by atoms with Crippen LogP contribution >= 0.6 is 0 Å². The summed E-state index contributed by atoms with van der Waals surface area (Å²) in [5.74, 6) is -1.10. The number of para-hydroxylation sites is 1. The van der Waals surface area contributed by atoms with E-state index in [1.54, 1.807) is 41.1 Å². The Morgan fingerprint density at radius 2 is 1.43 bits per heavy atom. The van der Waals surface area contributed by atoms with Crippen molar-refractivity contribution in [3.05, 3.63) is 102 Å². The van der Waals surface area contributed by atoms with Crippen molar-refractivity contribution in [2.45, 2.75) is 17.2 Å². The fraction of sp³-hybridized carbons (Fsp3) is 0.0909. The molecular formula is C22H17F2NO2S. The fourth-order valence-corrected chi connectivity index (χ4v) is 4.92. The van der Waals surface area contributed by atoms with Gasteiger partial charge in [-0.05, 0) is 41.5 Å². The summed E-state index contributed by atoms with van der Waals surface area (Å²) in [6.07, 6.45) is 1.57. The van der Waals surface area contributed by atoms with E-state index in [0.29, 0.717) is 17.5 Å². The Hall–Kier alpha value is -2.99. The molecule has 3 aromatic carbocycles. The summed E-state index contributed by atoms with van der Waals surface area (Å²) < 4.78 is 54.9. The van der Waals surface area contributed by atoms with Crippen molar-refractivity contribution < 1.29 is 17.2 Å². The average molecular weight is 397 g/mol. The topological polar surface area (TPSA) is 39.1 Å². The van der Waals surface area contributed by atoms with Gasteiger partial charge in [-0.1, -0.05) is 42.5 Å². The molecule has 0 unspecified atom stereocenters. The van der Waals surface area contributed by atoms with Crippen LogP contribution in [0.1, 0.15) is 11.1 Å². The summed E-state index contributed by atoms with van der Waals surface area (Å²) in [5, 5.41) is 0.593. The molecule has 3 nitrogen and oxygen atoms in total. The molecule has 0 spiro atoms. The van der Waals surface area contributed by atoms with Gasteiger partial charge in [-0.15, -0.1) is 0 Å². The van der Waals surface area contributed by atoms with Crippen LogP contribution in [0.15, 0.2) is 83.9 Å². The van der Waals surface area contributed by atoms with Gasteiger partial charge in [0.05, 0.1) is 10.6 Å². The second kappa shape index (κ2) is 7.20. The van der Waals surface area contributed by atoms with Gasteiger partial charge in [0, 0.05) is 23.6 Å². The molecule has 0 aliphatic rings. The Labute approximate surface area is 161 Å². The number of nitrogens with zero attached hydrogens (tertiary/aromatic N) is 1. The highest BCUT2D eigenvalue weighted by molar-refractivity contribution is 7.90. The molecule has 6 heteroatoms. The van der Waals surface area contributed by atoms with Gasteiger partial charge in [0.25, 0.3) is 0 Å². The summed E-state index contributed by atoms with van der Waals surface area (Å²) in [6.45, 7) is 0.341. The highest BCUT2D eigenvalue weighted by Gasteiger charge is 2.22. The van der Waals surface area contributed by atoms with Crippen molar-refractivity contribution in [3.8, 4) is 0 Å². The molecule has 0 aliphatic carbocycles. The molecule has 0 radical (unpaired) electrons. The van der Waals surface area contributed by atoms with E-state index in [-0.39, 0.29) is 16.5 Å². The summed E-state index contributed by atoms with van der Waals surface area (Å²) in [4.78, 5) is 0.184. The molecule has 0 bridgehead atoms. The smallest absolute Gasteiger partial charge is 0.184 e. The zero-order chi connectivity index (χ0) is 19.7. The van der Waals surface area contributed by atoms with Gasteiger partial charge in [-0.3, -0.25) is 0 Å². The first-order valence-electron chi connectivity index (χ1n) is 8.72. The Bertz CT molecular complexity index is 1260. The van der Waals surface area contributed by atoms with Crippen LogP contribution < -0.4 is 0 Å². The number of benzene rings is 3. The zero-order valence-corrected chi connectivity index (χ0v) is 15.7. The van der Waals surface area contributed by atoms with Crippen LogP contribution in [0, 0.1) is 11.6 Å². The summed E-state index contributed by atoms with van der Waals surface area (Å²) in [6, 6.07) is 19.0. The number of halogens is 2. The van der Waals surface area contributed by atoms with Crippen molar-refractivity contribution in [3.63, 3.8) is 0 Å². The number of hydrogen-bond acceptors (Lipinski definition) is 2. The highest BCUT2D eigenvalue weighted by atomic mass is 32.2. The van der Waals surface area contributed by atoms with Crippen molar-refractivity contribution in [2.75, 3.05) is 0 Å². The minimum Gasteiger partial charge on any atom is -0.342 e. The van der Waals surface area contributed by atoms with Gasteiger partial charge >= 0.3 is 0 Å². The largest absolute Gasteiger partial charge is 0.342 e. The molecule has 1 aromatic heterocycles. The van der Waals surface area contributed by atoms with E-state index in [0.717, 1.165) is 11.1 Å². The lowest BCUT2D eigenvalue weighted by atomic mass is 10.2. The van der Waals surface area contributed by atoms with E-state index >= 15 is 0 Å². The molecule has 142 valence electrons. The first-order valence-corrected chi connectivity index (χ1v) is 10.4. The van der Waals surface area contributed by atoms with Gasteiger partial charge in [-0.25, -0.2) is 17.2 Å². The molecule has 0 atom stereocenters. The molecule has 0 amide bonds. The van der Waals surface area contributed by atoms with Crippen molar-refractivity contribution in [1.29, 1.82) is 0 Å². The zero-order valence-electron chi connectivity index (χ0n) is 14.8. The molecule has 0 fully saturated rings. The Morgan fingerprint density at radius 1 is 0.786 bits per heavy atom. The number of aromatic nitrogens is 1. The lowest BCUT2D eigenvalue weighted by molar-refractivity contribution is 0.594. The molecule has 0 N–H and O–H groups in total. The van der Waals surface area contributed by atoms with E-state index in [2.05, 4.69) is 0 Å². The fourth-order valence-electron chi connectivity index (χ4n) is 3.35. The van der Waals surface area contributed by atoms with E-state index in [1.165, 1.54) is 30.3 Å². The standard InChI is InChI=1S/C22H17F2NO2S/c23-18-7-3-5-16(11-18)13-25-14-22(20-9-1-2-10-21(20)25)28(26,27)15-17-6-4-8-19(24)12-17/h1-12,14H,13,15H2. The number of sulfone groups is 1. The van der Waals surface area contributed by atoms with E-state index in [9.17, 15) is 17.2 Å². The van der Waals surface area contributed by atoms with Gasteiger partial charge in [0.1, 0.15) is 11.6 Å². The van der Waals surface area contributed by atoms with Crippen LogP contribution in [0.3, 0.4) is 0 Å². The third kappa shape index (κ3) is 3.68. The molecule has 0 aliphatic heterocycles. The summed E-state index contributed by atoms with van der Waals surface area (Å²) in [5.41, 5.74) is 1.86. The third-order valence-electron chi connectivity index (χ3n) is 4.57. The third-order valence-corrected chi connectivity index (χ3v) is 6.28. The van der Waals surface area contributed by atoms with Crippen LogP contribution in [-0.2, 0) is 22.1 Å². The monoisotopic (exact) mass is 397 g/mol. The van der Waals surface area contributed by atoms with Crippen LogP contribution in [-0.4, -0.2) is 13.0 Å². The van der Waals surface area contributed by atoms with Crippen LogP contribution in [0.25, 0.3) is 10.9 Å². The molecule has 4 aromatic rings. The maximum absolute atomic E-state index is 13.5. The quantitative estimate of drug-likeness (QED) is 0.478. The predicted octanol–water partition coefficient (Wildman–Crippen LogP) is 4.94. The van der Waals surface area contributed by atoms with Crippen molar-refractivity contribution in [1.82, 2.24) is 4.57 Å². The Balaban J connectivity index is 1.77. The highest BCUT2D eigenvalue weighted by Crippen LogP contribution is 2.29. The van der Waals surface area contributed by atoms with Crippen LogP contribution in [0.4, 0.5) is 8.78 Å². The second-order valence-electron chi connectivity index (χ2n) is 6.66. The molecule has 1 heterocycles. The molecule has 0 saturated carbocycles. The number of hydrogen-bond donors (Lipinski definition) is 0. The minimum atomic E-state index is -3.70. The SMILES string of the molecule is O=S(=O)(Cc1cccc(F)c1)c1cn(Cc2cccc(F)c2)c2ccccc12. The Kier molecular flexibility index (Phi) is 4.73. The molecule has 0 saturated heterocycles. The minimum absolute atomic E-state index is 0.184. The second-order valence-corrected chi connectivity index (χ2v) is 8.62. The first kappa shape index (κ1) is 18.4. The number of rotatable bonds is 5. The lowest BCUT2D eigenvalue weighted by Gasteiger charge is -2.05. The maximum atomic E-state index is 13.5. The van der Waals surface area contributed by atoms with E-state index < -0.39 is 15.7 Å². The average Bonchev–Trinajstić information content (AvgIpc) is 3.01. The first-order chi connectivity index (χ1) is 13.4. The lowest BCUT2D eigenvalue weighted by Crippen LogP contribution is -2.05. The van der Waals surface area contributed by atoms with E-state index in [1.807, 2.05) is 12.1 Å². The summed E-state index contributed by atoms with van der Waals surface area (Å²) >= 11 is 0. The normalized spacial score (nSPS) is 11.8. The van der Waals surface area contributed by atoms with Gasteiger partial charge in [-0.2, -0.15) is 0 Å². The van der Waals surface area contributed by atoms with Crippen LogP contribution in [0.5, 0.6) is 0 Å². The molecular weight excluding hydrogens is 380 g/mol. The molecule has 4 rings (SSSR count). The maximum Gasteiger partial charge on any atom is 0.184 e. The van der Waals surface area contributed by atoms with E-state index in [4.69, 9.17) is 0 Å². The van der Waals surface area contributed by atoms with Crippen molar-refractivity contribution in [2.24, 2.45) is 0 Å². The van der Waals surface area contributed by atoms with Gasteiger partial charge in [0.15, 0.2) is 9.84 Å². The number of fused-ring (bicyclic) bond motifs is 1. The van der Waals surface area contributed by atoms with Crippen LogP contribution in [0.2, 0.25) is 0 Å².